The first-order valence-electron chi connectivity index (χ1n) is 11.7. The molecule has 2 N–H and O–H groups in total. The largest absolute Gasteiger partial charge is 0.475 e. The van der Waals surface area contributed by atoms with Crippen LogP contribution in [0.25, 0.3) is 22.6 Å². The number of halogens is 1. The van der Waals surface area contributed by atoms with E-state index in [1.165, 1.54) is 6.07 Å². The molecule has 3 aromatic rings. The third-order valence-corrected chi connectivity index (χ3v) is 5.83. The highest BCUT2D eigenvalue weighted by molar-refractivity contribution is 6.33. The van der Waals surface area contributed by atoms with Crippen molar-refractivity contribution >= 4 is 17.5 Å². The Balaban J connectivity index is 1.73. The zero-order valence-electron chi connectivity index (χ0n) is 20.7. The second-order valence-corrected chi connectivity index (χ2v) is 8.57. The quantitative estimate of drug-likeness (QED) is 0.333. The van der Waals surface area contributed by atoms with Crippen molar-refractivity contribution in [1.82, 2.24) is 20.3 Å². The first-order valence-corrected chi connectivity index (χ1v) is 12.1. The standard InChI is InChI=1S/C26H31ClN4O5/c1-4-17(2)26(33)29-15-18-5-7-21(27)20(13-18)25-30-22(14-23(32)31-25)19-6-8-24(28-16-19)36-12-11-35-10-9-34-3/h5-8,13-14,16-17H,4,9-12,15H2,1-3H3,(H,29,33)(H,30,31,32). The van der Waals surface area contributed by atoms with Crippen molar-refractivity contribution in [3.8, 4) is 28.5 Å². The van der Waals surface area contributed by atoms with E-state index in [2.05, 4.69) is 20.3 Å². The highest BCUT2D eigenvalue weighted by Crippen LogP contribution is 2.27. The Morgan fingerprint density at radius 2 is 1.94 bits per heavy atom. The van der Waals surface area contributed by atoms with E-state index in [1.54, 1.807) is 31.5 Å². The van der Waals surface area contributed by atoms with Gasteiger partial charge in [-0.3, -0.25) is 9.59 Å². The Morgan fingerprint density at radius 1 is 1.14 bits per heavy atom. The number of nitrogens with one attached hydrogen (secondary N) is 2. The third-order valence-electron chi connectivity index (χ3n) is 5.50. The minimum Gasteiger partial charge on any atom is -0.475 e. The molecule has 0 aliphatic heterocycles. The van der Waals surface area contributed by atoms with Crippen molar-refractivity contribution < 1.29 is 19.0 Å². The summed E-state index contributed by atoms with van der Waals surface area (Å²) < 4.78 is 15.9. The number of aromatic amines is 1. The van der Waals surface area contributed by atoms with Crippen LogP contribution in [0.5, 0.6) is 5.88 Å². The van der Waals surface area contributed by atoms with Crippen LogP contribution in [0, 0.1) is 5.92 Å². The number of rotatable bonds is 13. The Kier molecular flexibility index (Phi) is 10.4. The molecule has 2 aromatic heterocycles. The fourth-order valence-corrected chi connectivity index (χ4v) is 3.42. The molecular formula is C26H31ClN4O5. The van der Waals surface area contributed by atoms with Gasteiger partial charge in [-0.1, -0.05) is 31.5 Å². The maximum Gasteiger partial charge on any atom is 0.251 e. The highest BCUT2D eigenvalue weighted by atomic mass is 35.5. The second kappa shape index (κ2) is 13.7. The summed E-state index contributed by atoms with van der Waals surface area (Å²) in [5.41, 5.74) is 2.18. The Hall–Kier alpha value is -3.27. The number of hydrogen-bond acceptors (Lipinski definition) is 7. The van der Waals surface area contributed by atoms with Crippen LogP contribution in [0.4, 0.5) is 0 Å². The number of nitrogens with zero attached hydrogens (tertiary/aromatic N) is 2. The van der Waals surface area contributed by atoms with Gasteiger partial charge in [0, 0.05) is 49.0 Å². The molecule has 0 spiro atoms. The van der Waals surface area contributed by atoms with E-state index in [1.807, 2.05) is 26.0 Å². The molecule has 0 aliphatic carbocycles. The van der Waals surface area contributed by atoms with Crippen LogP contribution in [0.2, 0.25) is 5.02 Å². The minimum absolute atomic E-state index is 0.0129. The first kappa shape index (κ1) is 27.3. The van der Waals surface area contributed by atoms with E-state index in [9.17, 15) is 9.59 Å². The molecule has 2 heterocycles. The van der Waals surface area contributed by atoms with Gasteiger partial charge in [-0.15, -0.1) is 0 Å². The van der Waals surface area contributed by atoms with Crippen LogP contribution in [-0.4, -0.2) is 54.4 Å². The summed E-state index contributed by atoms with van der Waals surface area (Å²) in [5, 5.41) is 3.35. The molecule has 192 valence electrons. The molecule has 0 aliphatic rings. The second-order valence-electron chi connectivity index (χ2n) is 8.16. The molecule has 10 heteroatoms. The predicted molar refractivity (Wildman–Crippen MR) is 138 cm³/mol. The summed E-state index contributed by atoms with van der Waals surface area (Å²) in [6.45, 7) is 6.01. The van der Waals surface area contributed by atoms with Crippen molar-refractivity contribution in [1.29, 1.82) is 0 Å². The number of methoxy groups -OCH3 is 1. The zero-order chi connectivity index (χ0) is 25.9. The van der Waals surface area contributed by atoms with Gasteiger partial charge in [0.2, 0.25) is 11.8 Å². The number of aromatic nitrogens is 3. The van der Waals surface area contributed by atoms with Crippen LogP contribution in [0.3, 0.4) is 0 Å². The molecule has 0 bridgehead atoms. The molecule has 0 radical (unpaired) electrons. The van der Waals surface area contributed by atoms with E-state index in [0.717, 1.165) is 12.0 Å². The summed E-state index contributed by atoms with van der Waals surface area (Å²) >= 11 is 6.43. The number of hydrogen-bond donors (Lipinski definition) is 2. The molecule has 9 nitrogen and oxygen atoms in total. The van der Waals surface area contributed by atoms with Crippen LogP contribution in [-0.2, 0) is 20.8 Å². The average Bonchev–Trinajstić information content (AvgIpc) is 2.89. The van der Waals surface area contributed by atoms with Gasteiger partial charge in [0.15, 0.2) is 0 Å². The van der Waals surface area contributed by atoms with Gasteiger partial charge < -0.3 is 24.5 Å². The summed E-state index contributed by atoms with van der Waals surface area (Å²) in [4.78, 5) is 36.2. The van der Waals surface area contributed by atoms with Crippen LogP contribution in [0.15, 0.2) is 47.4 Å². The van der Waals surface area contributed by atoms with Gasteiger partial charge in [0.1, 0.15) is 12.4 Å². The summed E-state index contributed by atoms with van der Waals surface area (Å²) in [6, 6.07) is 10.2. The summed E-state index contributed by atoms with van der Waals surface area (Å²) in [5.74, 6) is 0.688. The molecule has 1 amide bonds. The SMILES string of the molecule is CCC(C)C(=O)NCc1ccc(Cl)c(-c2nc(-c3ccc(OCCOCCOC)nc3)cc(=O)[nH]2)c1. The molecule has 0 fully saturated rings. The van der Waals surface area contributed by atoms with Crippen molar-refractivity contribution in [2.24, 2.45) is 5.92 Å². The Labute approximate surface area is 215 Å². The van der Waals surface area contributed by atoms with Crippen molar-refractivity contribution in [3.63, 3.8) is 0 Å². The van der Waals surface area contributed by atoms with Gasteiger partial charge in [0.25, 0.3) is 5.56 Å². The van der Waals surface area contributed by atoms with Crippen LogP contribution < -0.4 is 15.6 Å². The van der Waals surface area contributed by atoms with Crippen molar-refractivity contribution in [3.05, 3.63) is 63.5 Å². The number of carbonyl (C=O) groups excluding carboxylic acids is 1. The number of carbonyl (C=O) groups is 1. The van der Waals surface area contributed by atoms with Gasteiger partial charge in [0.05, 0.1) is 30.5 Å². The van der Waals surface area contributed by atoms with Gasteiger partial charge in [-0.2, -0.15) is 0 Å². The fraction of sp³-hybridized carbons (Fsp3) is 0.385. The molecule has 0 saturated carbocycles. The lowest BCUT2D eigenvalue weighted by molar-refractivity contribution is -0.124. The maximum absolute atomic E-state index is 12.4. The smallest absolute Gasteiger partial charge is 0.251 e. The Morgan fingerprint density at radius 3 is 2.67 bits per heavy atom. The van der Waals surface area contributed by atoms with Crippen LogP contribution in [0.1, 0.15) is 25.8 Å². The molecule has 3 rings (SSSR count). The van der Waals surface area contributed by atoms with E-state index in [-0.39, 0.29) is 17.4 Å². The molecule has 1 aromatic carbocycles. The molecule has 1 unspecified atom stereocenters. The van der Waals surface area contributed by atoms with E-state index in [4.69, 9.17) is 25.8 Å². The third kappa shape index (κ3) is 7.87. The van der Waals surface area contributed by atoms with E-state index < -0.39 is 0 Å². The maximum atomic E-state index is 12.4. The molecule has 36 heavy (non-hydrogen) atoms. The van der Waals surface area contributed by atoms with E-state index >= 15 is 0 Å². The lowest BCUT2D eigenvalue weighted by Gasteiger charge is -2.12. The number of amides is 1. The molecule has 1 atom stereocenters. The van der Waals surface area contributed by atoms with E-state index in [0.29, 0.717) is 66.5 Å². The normalized spacial score (nSPS) is 11.8. The minimum atomic E-state index is -0.324. The predicted octanol–water partition coefficient (Wildman–Crippen LogP) is 3.86. The monoisotopic (exact) mass is 514 g/mol. The number of H-pyrrole nitrogens is 1. The topological polar surface area (TPSA) is 115 Å². The van der Waals surface area contributed by atoms with Gasteiger partial charge in [-0.05, 0) is 30.2 Å². The lowest BCUT2D eigenvalue weighted by Crippen LogP contribution is -2.28. The van der Waals surface area contributed by atoms with Crippen molar-refractivity contribution in [2.75, 3.05) is 33.5 Å². The fourth-order valence-electron chi connectivity index (χ4n) is 3.21. The summed E-state index contributed by atoms with van der Waals surface area (Å²) in [6.07, 6.45) is 2.36. The highest BCUT2D eigenvalue weighted by Gasteiger charge is 2.13. The average molecular weight is 515 g/mol. The van der Waals surface area contributed by atoms with Crippen LogP contribution >= 0.6 is 11.6 Å². The first-order chi connectivity index (χ1) is 17.4. The number of pyridine rings is 1. The lowest BCUT2D eigenvalue weighted by atomic mass is 10.1. The summed E-state index contributed by atoms with van der Waals surface area (Å²) in [7, 11) is 1.62. The number of ether oxygens (including phenoxy) is 3. The Bertz CT molecular complexity index is 1200. The van der Waals surface area contributed by atoms with Gasteiger partial charge >= 0.3 is 0 Å². The van der Waals surface area contributed by atoms with Crippen molar-refractivity contribution in [2.45, 2.75) is 26.8 Å². The molecule has 0 saturated heterocycles. The molecular weight excluding hydrogens is 484 g/mol. The number of benzene rings is 1. The zero-order valence-corrected chi connectivity index (χ0v) is 21.4. The van der Waals surface area contributed by atoms with Gasteiger partial charge in [-0.25, -0.2) is 9.97 Å².